The second kappa shape index (κ2) is 5.63. The van der Waals surface area contributed by atoms with E-state index in [2.05, 4.69) is 21.2 Å². The Labute approximate surface area is 124 Å². The molecule has 1 amide bonds. The molecule has 0 unspecified atom stereocenters. The van der Waals surface area contributed by atoms with Crippen LogP contribution in [0.4, 0.5) is 11.4 Å². The van der Waals surface area contributed by atoms with Gasteiger partial charge in [-0.1, -0.05) is 27.5 Å². The molecule has 2 aromatic carbocycles. The molecule has 5 heteroatoms. The lowest BCUT2D eigenvalue weighted by atomic mass is 10.1. The van der Waals surface area contributed by atoms with Gasteiger partial charge in [-0.05, 0) is 48.9 Å². The summed E-state index contributed by atoms with van der Waals surface area (Å²) < 4.78 is 0.964. The van der Waals surface area contributed by atoms with E-state index in [4.69, 9.17) is 17.3 Å². The van der Waals surface area contributed by atoms with E-state index >= 15 is 0 Å². The standard InChI is InChI=1S/C14H12BrClN2O/c1-8-6-9(2-4-11(8)15)14(19)18-13-7-10(16)3-5-12(13)17/h2-7H,17H2,1H3,(H,18,19). The van der Waals surface area contributed by atoms with Crippen LogP contribution in [0.1, 0.15) is 15.9 Å². The smallest absolute Gasteiger partial charge is 0.255 e. The number of nitrogens with two attached hydrogens (primary N) is 1. The number of nitrogens with one attached hydrogen (secondary N) is 1. The fourth-order valence-electron chi connectivity index (χ4n) is 1.62. The van der Waals surface area contributed by atoms with Crippen LogP contribution in [0, 0.1) is 6.92 Å². The van der Waals surface area contributed by atoms with Crippen LogP contribution in [0.15, 0.2) is 40.9 Å². The molecule has 0 fully saturated rings. The number of hydrogen-bond donors (Lipinski definition) is 2. The normalized spacial score (nSPS) is 10.3. The van der Waals surface area contributed by atoms with Gasteiger partial charge in [0.25, 0.3) is 5.91 Å². The predicted molar refractivity (Wildman–Crippen MR) is 82.7 cm³/mol. The summed E-state index contributed by atoms with van der Waals surface area (Å²) in [7, 11) is 0. The third-order valence-electron chi connectivity index (χ3n) is 2.68. The number of hydrogen-bond acceptors (Lipinski definition) is 2. The molecule has 0 saturated carbocycles. The molecule has 3 nitrogen and oxygen atoms in total. The highest BCUT2D eigenvalue weighted by Gasteiger charge is 2.09. The van der Waals surface area contributed by atoms with Crippen LogP contribution in [-0.2, 0) is 0 Å². The molecule has 0 aliphatic rings. The van der Waals surface area contributed by atoms with E-state index < -0.39 is 0 Å². The summed E-state index contributed by atoms with van der Waals surface area (Å²) in [5, 5.41) is 3.27. The number of rotatable bonds is 2. The summed E-state index contributed by atoms with van der Waals surface area (Å²) in [4.78, 5) is 12.1. The average Bonchev–Trinajstić information content (AvgIpc) is 2.37. The molecule has 0 aliphatic carbocycles. The minimum atomic E-state index is -0.218. The first-order valence-corrected chi connectivity index (χ1v) is 6.77. The minimum absolute atomic E-state index is 0.218. The summed E-state index contributed by atoms with van der Waals surface area (Å²) in [6.45, 7) is 1.93. The summed E-state index contributed by atoms with van der Waals surface area (Å²) >= 11 is 9.28. The number of carbonyl (C=O) groups excluding carboxylic acids is 1. The third-order valence-corrected chi connectivity index (χ3v) is 3.81. The van der Waals surface area contributed by atoms with Gasteiger partial charge in [0.2, 0.25) is 0 Å². The van der Waals surface area contributed by atoms with Crippen LogP contribution in [0.3, 0.4) is 0 Å². The lowest BCUT2D eigenvalue weighted by Gasteiger charge is -2.09. The van der Waals surface area contributed by atoms with Gasteiger partial charge in [-0.2, -0.15) is 0 Å². The van der Waals surface area contributed by atoms with Crippen LogP contribution in [0.25, 0.3) is 0 Å². The zero-order chi connectivity index (χ0) is 14.0. The first-order valence-electron chi connectivity index (χ1n) is 5.60. The van der Waals surface area contributed by atoms with Gasteiger partial charge < -0.3 is 11.1 Å². The van der Waals surface area contributed by atoms with Crippen molar-refractivity contribution in [2.45, 2.75) is 6.92 Å². The SMILES string of the molecule is Cc1cc(C(=O)Nc2cc(Cl)ccc2N)ccc1Br. The summed E-state index contributed by atoms with van der Waals surface area (Å²) in [5.41, 5.74) is 8.34. The highest BCUT2D eigenvalue weighted by atomic mass is 79.9. The molecule has 0 saturated heterocycles. The molecule has 0 aliphatic heterocycles. The Morgan fingerprint density at radius 2 is 2.00 bits per heavy atom. The first kappa shape index (κ1) is 13.9. The molecule has 0 aromatic heterocycles. The molecule has 3 N–H and O–H groups in total. The van der Waals surface area contributed by atoms with Gasteiger partial charge in [0.1, 0.15) is 0 Å². The monoisotopic (exact) mass is 338 g/mol. The third kappa shape index (κ3) is 3.28. The second-order valence-electron chi connectivity index (χ2n) is 4.15. The van der Waals surface area contributed by atoms with Crippen molar-refractivity contribution in [3.8, 4) is 0 Å². The van der Waals surface area contributed by atoms with E-state index in [-0.39, 0.29) is 5.91 Å². The van der Waals surface area contributed by atoms with Crippen molar-refractivity contribution in [2.24, 2.45) is 0 Å². The van der Waals surface area contributed by atoms with Gasteiger partial charge in [0.15, 0.2) is 0 Å². The van der Waals surface area contributed by atoms with Crippen molar-refractivity contribution in [3.63, 3.8) is 0 Å². The van der Waals surface area contributed by atoms with E-state index in [0.29, 0.717) is 22.0 Å². The average molecular weight is 340 g/mol. The van der Waals surface area contributed by atoms with Gasteiger partial charge in [0, 0.05) is 15.1 Å². The quantitative estimate of drug-likeness (QED) is 0.804. The first-order chi connectivity index (χ1) is 8.97. The minimum Gasteiger partial charge on any atom is -0.397 e. The second-order valence-corrected chi connectivity index (χ2v) is 5.44. The molecule has 0 radical (unpaired) electrons. The van der Waals surface area contributed by atoms with Crippen molar-refractivity contribution >= 4 is 44.8 Å². The molecule has 2 rings (SSSR count). The number of amides is 1. The van der Waals surface area contributed by atoms with Crippen LogP contribution in [0.2, 0.25) is 5.02 Å². The highest BCUT2D eigenvalue weighted by Crippen LogP contribution is 2.24. The van der Waals surface area contributed by atoms with Crippen molar-refractivity contribution in [1.82, 2.24) is 0 Å². The van der Waals surface area contributed by atoms with Crippen LogP contribution >= 0.6 is 27.5 Å². The van der Waals surface area contributed by atoms with Crippen LogP contribution < -0.4 is 11.1 Å². The molecular formula is C14H12BrClN2O. The van der Waals surface area contributed by atoms with Gasteiger partial charge in [-0.15, -0.1) is 0 Å². The Bertz CT molecular complexity index is 643. The van der Waals surface area contributed by atoms with E-state index in [0.717, 1.165) is 10.0 Å². The van der Waals surface area contributed by atoms with E-state index in [1.165, 1.54) is 0 Å². The lowest BCUT2D eigenvalue weighted by Crippen LogP contribution is -2.13. The van der Waals surface area contributed by atoms with Crippen molar-refractivity contribution in [3.05, 3.63) is 57.0 Å². The Morgan fingerprint density at radius 3 is 2.68 bits per heavy atom. The summed E-state index contributed by atoms with van der Waals surface area (Å²) in [6.07, 6.45) is 0. The van der Waals surface area contributed by atoms with Crippen molar-refractivity contribution < 1.29 is 4.79 Å². The zero-order valence-corrected chi connectivity index (χ0v) is 12.5. The topological polar surface area (TPSA) is 55.1 Å². The Morgan fingerprint density at radius 1 is 1.26 bits per heavy atom. The maximum atomic E-state index is 12.1. The number of anilines is 2. The van der Waals surface area contributed by atoms with E-state index in [1.807, 2.05) is 13.0 Å². The molecule has 19 heavy (non-hydrogen) atoms. The molecular weight excluding hydrogens is 328 g/mol. The maximum absolute atomic E-state index is 12.1. The number of aryl methyl sites for hydroxylation is 1. The number of nitrogen functional groups attached to an aromatic ring is 1. The molecule has 0 heterocycles. The summed E-state index contributed by atoms with van der Waals surface area (Å²) in [6, 6.07) is 10.3. The van der Waals surface area contributed by atoms with Gasteiger partial charge >= 0.3 is 0 Å². The maximum Gasteiger partial charge on any atom is 0.255 e. The van der Waals surface area contributed by atoms with Crippen LogP contribution in [-0.4, -0.2) is 5.91 Å². The van der Waals surface area contributed by atoms with Gasteiger partial charge in [-0.25, -0.2) is 0 Å². The van der Waals surface area contributed by atoms with Gasteiger partial charge in [-0.3, -0.25) is 4.79 Å². The number of carbonyl (C=O) groups is 1. The largest absolute Gasteiger partial charge is 0.397 e. The summed E-state index contributed by atoms with van der Waals surface area (Å²) in [5.74, 6) is -0.218. The fourth-order valence-corrected chi connectivity index (χ4v) is 2.04. The van der Waals surface area contributed by atoms with E-state index in [9.17, 15) is 4.79 Å². The van der Waals surface area contributed by atoms with Gasteiger partial charge in [0.05, 0.1) is 11.4 Å². The molecule has 0 spiro atoms. The number of benzene rings is 2. The highest BCUT2D eigenvalue weighted by molar-refractivity contribution is 9.10. The molecule has 2 aromatic rings. The van der Waals surface area contributed by atoms with Crippen molar-refractivity contribution in [2.75, 3.05) is 11.1 Å². The Kier molecular flexibility index (Phi) is 4.12. The molecule has 98 valence electrons. The number of halogens is 2. The molecule has 0 atom stereocenters. The zero-order valence-electron chi connectivity index (χ0n) is 10.2. The van der Waals surface area contributed by atoms with Crippen molar-refractivity contribution in [1.29, 1.82) is 0 Å². The van der Waals surface area contributed by atoms with E-state index in [1.54, 1.807) is 30.3 Å². The fraction of sp³-hybridized carbons (Fsp3) is 0.0714. The lowest BCUT2D eigenvalue weighted by molar-refractivity contribution is 0.102. The molecule has 0 bridgehead atoms. The Hall–Kier alpha value is -1.52. The predicted octanol–water partition coefficient (Wildman–Crippen LogP) is 4.25. The Balaban J connectivity index is 2.25. The van der Waals surface area contributed by atoms with Crippen LogP contribution in [0.5, 0.6) is 0 Å².